The molecule has 1 atom stereocenters. The lowest BCUT2D eigenvalue weighted by Crippen LogP contribution is -2.39. The van der Waals surface area contributed by atoms with E-state index in [2.05, 4.69) is 4.98 Å². The summed E-state index contributed by atoms with van der Waals surface area (Å²) in [5.41, 5.74) is 6.02. The Labute approximate surface area is 233 Å². The van der Waals surface area contributed by atoms with E-state index in [9.17, 15) is 35.8 Å². The van der Waals surface area contributed by atoms with E-state index in [0.29, 0.717) is 11.6 Å². The molecular weight excluding hydrogens is 574 g/mol. The van der Waals surface area contributed by atoms with Crippen LogP contribution in [-0.4, -0.2) is 27.6 Å². The molecule has 7 nitrogen and oxygen atoms in total. The Kier molecular flexibility index (Phi) is 9.43. The topological polar surface area (TPSA) is 105 Å². The molecule has 14 heteroatoms. The van der Waals surface area contributed by atoms with Crippen molar-refractivity contribution >= 4 is 28.5 Å². The Morgan fingerprint density at radius 1 is 0.927 bits per heavy atom. The minimum atomic E-state index is -3.06. The SMILES string of the molecule is NC(=O)c1ccc(N(Cc2ccc(C3CCCCC3)cn2)C(=O)CNS(=O)c2c(F)c(F)c(F)c(F)c2F)c(F)c1. The number of primary amides is 1. The van der Waals surface area contributed by atoms with Gasteiger partial charge in [-0.1, -0.05) is 25.3 Å². The number of amides is 2. The summed E-state index contributed by atoms with van der Waals surface area (Å²) in [4.78, 5) is 28.2. The normalized spacial score (nSPS) is 14.6. The van der Waals surface area contributed by atoms with Crippen LogP contribution in [0, 0.1) is 34.9 Å². The van der Waals surface area contributed by atoms with Crippen molar-refractivity contribution in [3.8, 4) is 0 Å². The first-order valence-electron chi connectivity index (χ1n) is 12.5. The van der Waals surface area contributed by atoms with Gasteiger partial charge in [0.05, 0.1) is 24.5 Å². The van der Waals surface area contributed by atoms with Crippen LogP contribution < -0.4 is 15.4 Å². The van der Waals surface area contributed by atoms with Gasteiger partial charge in [-0.15, -0.1) is 0 Å². The van der Waals surface area contributed by atoms with Gasteiger partial charge in [0.25, 0.3) is 0 Å². The zero-order chi connectivity index (χ0) is 29.8. The minimum Gasteiger partial charge on any atom is -0.366 e. The van der Waals surface area contributed by atoms with Crippen molar-refractivity contribution < 1.29 is 40.1 Å². The van der Waals surface area contributed by atoms with Crippen molar-refractivity contribution in [2.24, 2.45) is 5.73 Å². The number of carbonyl (C=O) groups is 2. The average molecular weight is 599 g/mol. The molecule has 0 spiro atoms. The van der Waals surface area contributed by atoms with E-state index in [1.807, 2.05) is 10.8 Å². The fraction of sp³-hybridized carbons (Fsp3) is 0.296. The number of carbonyl (C=O) groups excluding carboxylic acids is 2. The molecular formula is C27H24F6N4O3S. The van der Waals surface area contributed by atoms with Gasteiger partial charge in [0.2, 0.25) is 17.6 Å². The van der Waals surface area contributed by atoms with E-state index >= 15 is 4.39 Å². The number of pyridine rings is 1. The van der Waals surface area contributed by atoms with Gasteiger partial charge < -0.3 is 10.6 Å². The molecule has 1 unspecified atom stereocenters. The number of benzene rings is 2. The van der Waals surface area contributed by atoms with Crippen molar-refractivity contribution in [2.75, 3.05) is 11.4 Å². The molecule has 3 N–H and O–H groups in total. The van der Waals surface area contributed by atoms with Gasteiger partial charge in [0.1, 0.15) is 21.7 Å². The van der Waals surface area contributed by atoms with Crippen molar-refractivity contribution in [3.63, 3.8) is 0 Å². The number of anilines is 1. The Bertz CT molecular complexity index is 1470. The Hall–Kier alpha value is -3.78. The van der Waals surface area contributed by atoms with Crippen LogP contribution in [0.4, 0.5) is 32.0 Å². The lowest BCUT2D eigenvalue weighted by atomic mass is 9.85. The molecule has 218 valence electrons. The number of halogens is 6. The van der Waals surface area contributed by atoms with Gasteiger partial charge in [-0.2, -0.15) is 0 Å². The third-order valence-corrected chi connectivity index (χ3v) is 7.91. The molecule has 1 aliphatic carbocycles. The second-order valence-corrected chi connectivity index (χ2v) is 10.7. The Morgan fingerprint density at radius 2 is 1.56 bits per heavy atom. The first-order valence-corrected chi connectivity index (χ1v) is 13.7. The van der Waals surface area contributed by atoms with Crippen LogP contribution in [0.2, 0.25) is 0 Å². The Morgan fingerprint density at radius 3 is 2.12 bits per heavy atom. The molecule has 2 amide bonds. The largest absolute Gasteiger partial charge is 0.366 e. The highest BCUT2D eigenvalue weighted by Crippen LogP contribution is 2.32. The van der Waals surface area contributed by atoms with Crippen LogP contribution >= 0.6 is 0 Å². The fourth-order valence-electron chi connectivity index (χ4n) is 4.60. The maximum absolute atomic E-state index is 15.0. The van der Waals surface area contributed by atoms with Crippen LogP contribution in [0.5, 0.6) is 0 Å². The summed E-state index contributed by atoms with van der Waals surface area (Å²) < 4.78 is 98.0. The van der Waals surface area contributed by atoms with E-state index in [1.165, 1.54) is 12.5 Å². The van der Waals surface area contributed by atoms with E-state index in [1.54, 1.807) is 12.3 Å². The maximum Gasteiger partial charge on any atom is 0.248 e. The smallest absolute Gasteiger partial charge is 0.248 e. The van der Waals surface area contributed by atoms with Crippen LogP contribution in [0.1, 0.15) is 59.6 Å². The Balaban J connectivity index is 1.59. The lowest BCUT2D eigenvalue weighted by molar-refractivity contribution is -0.117. The predicted molar refractivity (Wildman–Crippen MR) is 137 cm³/mol. The van der Waals surface area contributed by atoms with E-state index in [4.69, 9.17) is 5.73 Å². The molecule has 3 aromatic rings. The third kappa shape index (κ3) is 6.59. The number of rotatable bonds is 9. The monoisotopic (exact) mass is 598 g/mol. The first-order chi connectivity index (χ1) is 19.5. The molecule has 0 saturated heterocycles. The summed E-state index contributed by atoms with van der Waals surface area (Å²) in [6, 6.07) is 6.58. The van der Waals surface area contributed by atoms with Crippen LogP contribution in [0.15, 0.2) is 41.4 Å². The predicted octanol–water partition coefficient (Wildman–Crippen LogP) is 4.91. The maximum atomic E-state index is 15.0. The number of nitrogens with zero attached hydrogens (tertiary/aromatic N) is 2. The minimum absolute atomic E-state index is 0.181. The van der Waals surface area contributed by atoms with Gasteiger partial charge in [0, 0.05) is 11.8 Å². The molecule has 1 heterocycles. The number of hydrogen-bond acceptors (Lipinski definition) is 4. The van der Waals surface area contributed by atoms with E-state index in [-0.39, 0.29) is 17.8 Å². The molecule has 41 heavy (non-hydrogen) atoms. The highest BCUT2D eigenvalue weighted by molar-refractivity contribution is 7.83. The standard InChI is InChI=1S/C27H24F6N4O3S/c28-18-10-15(27(34)39)7-9-19(18)37(13-17-8-6-16(11-35-17)14-4-2-1-3-5-14)20(38)12-36-41(40)26-24(32)22(30)21(29)23(31)25(26)33/h6-11,14,36H,1-5,12-13H2,(H2,34,39). The molecule has 4 rings (SSSR count). The fourth-order valence-corrected chi connectivity index (χ4v) is 5.50. The van der Waals surface area contributed by atoms with E-state index < -0.39 is 69.1 Å². The van der Waals surface area contributed by atoms with Gasteiger partial charge in [0.15, 0.2) is 23.3 Å². The zero-order valence-electron chi connectivity index (χ0n) is 21.4. The summed E-state index contributed by atoms with van der Waals surface area (Å²) in [5.74, 6) is -14.3. The van der Waals surface area contributed by atoms with Crippen molar-refractivity contribution in [1.29, 1.82) is 0 Å². The molecule has 1 saturated carbocycles. The molecule has 2 aromatic carbocycles. The number of nitrogens with two attached hydrogens (primary N) is 1. The second kappa shape index (κ2) is 12.8. The third-order valence-electron chi connectivity index (χ3n) is 6.78. The summed E-state index contributed by atoms with van der Waals surface area (Å²) >= 11 is 0. The summed E-state index contributed by atoms with van der Waals surface area (Å²) in [7, 11) is -3.06. The van der Waals surface area contributed by atoms with Crippen LogP contribution in [0.25, 0.3) is 0 Å². The summed E-state index contributed by atoms with van der Waals surface area (Å²) in [6.07, 6.45) is 7.09. The van der Waals surface area contributed by atoms with Crippen molar-refractivity contribution in [1.82, 2.24) is 9.71 Å². The average Bonchev–Trinajstić information content (AvgIpc) is 2.97. The molecule has 0 radical (unpaired) electrons. The molecule has 1 fully saturated rings. The molecule has 1 aliphatic rings. The quantitative estimate of drug-likeness (QED) is 0.208. The van der Waals surface area contributed by atoms with Crippen molar-refractivity contribution in [2.45, 2.75) is 49.5 Å². The number of hydrogen-bond donors (Lipinski definition) is 2. The summed E-state index contributed by atoms with van der Waals surface area (Å²) in [5, 5.41) is 0. The molecule has 0 bridgehead atoms. The number of aromatic nitrogens is 1. The van der Waals surface area contributed by atoms with Crippen molar-refractivity contribution in [3.05, 3.63) is 88.3 Å². The van der Waals surface area contributed by atoms with Gasteiger partial charge in [-0.05, 0) is 48.6 Å². The van der Waals surface area contributed by atoms with Crippen LogP contribution in [0.3, 0.4) is 0 Å². The second-order valence-electron chi connectivity index (χ2n) is 9.42. The van der Waals surface area contributed by atoms with Gasteiger partial charge >= 0.3 is 0 Å². The first kappa shape index (κ1) is 30.2. The van der Waals surface area contributed by atoms with Crippen LogP contribution in [-0.2, 0) is 22.3 Å². The number of nitrogens with one attached hydrogen (secondary N) is 1. The lowest BCUT2D eigenvalue weighted by Gasteiger charge is -2.24. The van der Waals surface area contributed by atoms with Gasteiger partial charge in [-0.3, -0.25) is 14.6 Å². The highest BCUT2D eigenvalue weighted by atomic mass is 32.2. The molecule has 0 aliphatic heterocycles. The molecule has 1 aromatic heterocycles. The summed E-state index contributed by atoms with van der Waals surface area (Å²) in [6.45, 7) is -1.28. The zero-order valence-corrected chi connectivity index (χ0v) is 22.2. The highest BCUT2D eigenvalue weighted by Gasteiger charge is 2.30. The van der Waals surface area contributed by atoms with E-state index in [0.717, 1.165) is 48.3 Å². The van der Waals surface area contributed by atoms with Gasteiger partial charge in [-0.25, -0.2) is 35.3 Å².